The number of benzene rings is 2. The number of carbonyl (C=O) groups is 2. The number of anilines is 2. The Morgan fingerprint density at radius 2 is 1.78 bits per heavy atom. The lowest BCUT2D eigenvalue weighted by Crippen LogP contribution is -2.29. The Kier molecular flexibility index (Phi) is 6.24. The molecule has 2 amide bonds. The minimum Gasteiger partial charge on any atom is -0.375 e. The van der Waals surface area contributed by atoms with Crippen LogP contribution >= 0.6 is 23.2 Å². The first-order chi connectivity index (χ1) is 12.9. The minimum absolute atomic E-state index is 0.00910. The SMILES string of the molecule is Cc1ccc(NC(=O)CNc2cc(Cl)ccc2C(=O)N2CCCC2)c(Cl)c1. The summed E-state index contributed by atoms with van der Waals surface area (Å²) < 4.78 is 0. The molecule has 0 atom stereocenters. The van der Waals surface area contributed by atoms with Crippen molar-refractivity contribution in [1.82, 2.24) is 4.90 Å². The van der Waals surface area contributed by atoms with E-state index in [2.05, 4.69) is 10.6 Å². The van der Waals surface area contributed by atoms with Gasteiger partial charge in [-0.1, -0.05) is 29.3 Å². The van der Waals surface area contributed by atoms with Crippen LogP contribution in [-0.2, 0) is 4.79 Å². The van der Waals surface area contributed by atoms with Gasteiger partial charge < -0.3 is 15.5 Å². The van der Waals surface area contributed by atoms with Gasteiger partial charge in [0.05, 0.1) is 22.8 Å². The second-order valence-electron chi connectivity index (χ2n) is 6.57. The predicted molar refractivity (Wildman–Crippen MR) is 110 cm³/mol. The summed E-state index contributed by atoms with van der Waals surface area (Å²) in [5.41, 5.74) is 2.63. The molecule has 0 radical (unpaired) electrons. The molecule has 3 rings (SSSR count). The molecule has 1 saturated heterocycles. The molecule has 0 saturated carbocycles. The highest BCUT2D eigenvalue weighted by Gasteiger charge is 2.22. The minimum atomic E-state index is -0.264. The average molecular weight is 406 g/mol. The molecule has 1 fully saturated rings. The number of hydrogen-bond acceptors (Lipinski definition) is 3. The Bertz CT molecular complexity index is 864. The molecule has 142 valence electrons. The quantitative estimate of drug-likeness (QED) is 0.764. The first-order valence-electron chi connectivity index (χ1n) is 8.83. The summed E-state index contributed by atoms with van der Waals surface area (Å²) in [7, 11) is 0. The van der Waals surface area contributed by atoms with E-state index in [9.17, 15) is 9.59 Å². The van der Waals surface area contributed by atoms with Crippen molar-refractivity contribution in [2.24, 2.45) is 0 Å². The summed E-state index contributed by atoms with van der Waals surface area (Å²) in [5, 5.41) is 6.77. The third-order valence-corrected chi connectivity index (χ3v) is 4.99. The molecule has 2 N–H and O–H groups in total. The van der Waals surface area contributed by atoms with Crippen LogP contribution < -0.4 is 10.6 Å². The van der Waals surface area contributed by atoms with E-state index < -0.39 is 0 Å². The van der Waals surface area contributed by atoms with E-state index >= 15 is 0 Å². The van der Waals surface area contributed by atoms with Crippen LogP contribution in [0.1, 0.15) is 28.8 Å². The molecule has 0 aromatic heterocycles. The number of likely N-dealkylation sites (tertiary alicyclic amines) is 1. The summed E-state index contributed by atoms with van der Waals surface area (Å²) in [5.74, 6) is -0.311. The van der Waals surface area contributed by atoms with Crippen LogP contribution in [-0.4, -0.2) is 36.3 Å². The number of rotatable bonds is 5. The molecule has 0 aliphatic carbocycles. The highest BCUT2D eigenvalue weighted by Crippen LogP contribution is 2.25. The van der Waals surface area contributed by atoms with Gasteiger partial charge in [-0.05, 0) is 55.7 Å². The van der Waals surface area contributed by atoms with E-state index in [4.69, 9.17) is 23.2 Å². The van der Waals surface area contributed by atoms with Crippen LogP contribution in [0.25, 0.3) is 0 Å². The van der Waals surface area contributed by atoms with Crippen molar-refractivity contribution < 1.29 is 9.59 Å². The maximum absolute atomic E-state index is 12.7. The Hall–Kier alpha value is -2.24. The number of nitrogens with one attached hydrogen (secondary N) is 2. The van der Waals surface area contributed by atoms with Crippen LogP contribution in [0.4, 0.5) is 11.4 Å². The van der Waals surface area contributed by atoms with Crippen molar-refractivity contribution in [3.63, 3.8) is 0 Å². The van der Waals surface area contributed by atoms with Gasteiger partial charge in [-0.15, -0.1) is 0 Å². The van der Waals surface area contributed by atoms with Crippen LogP contribution in [0.3, 0.4) is 0 Å². The largest absolute Gasteiger partial charge is 0.375 e. The normalized spacial score (nSPS) is 13.5. The van der Waals surface area contributed by atoms with E-state index in [0.29, 0.717) is 27.0 Å². The Morgan fingerprint density at radius 1 is 1.04 bits per heavy atom. The summed E-state index contributed by atoms with van der Waals surface area (Å²) >= 11 is 12.2. The number of nitrogens with zero attached hydrogens (tertiary/aromatic N) is 1. The van der Waals surface area contributed by atoms with Crippen molar-refractivity contribution in [2.45, 2.75) is 19.8 Å². The molecule has 5 nitrogen and oxygen atoms in total. The van der Waals surface area contributed by atoms with Crippen molar-refractivity contribution >= 4 is 46.4 Å². The highest BCUT2D eigenvalue weighted by molar-refractivity contribution is 6.33. The fourth-order valence-electron chi connectivity index (χ4n) is 3.03. The van der Waals surface area contributed by atoms with Crippen molar-refractivity contribution in [1.29, 1.82) is 0 Å². The van der Waals surface area contributed by atoms with Gasteiger partial charge in [0, 0.05) is 23.8 Å². The summed E-state index contributed by atoms with van der Waals surface area (Å²) in [6.45, 7) is 3.43. The zero-order valence-corrected chi connectivity index (χ0v) is 16.5. The zero-order chi connectivity index (χ0) is 19.4. The lowest BCUT2D eigenvalue weighted by atomic mass is 10.1. The van der Waals surface area contributed by atoms with Crippen molar-refractivity contribution in [2.75, 3.05) is 30.3 Å². The molecule has 7 heteroatoms. The highest BCUT2D eigenvalue weighted by atomic mass is 35.5. The van der Waals surface area contributed by atoms with Gasteiger partial charge in [0.1, 0.15) is 0 Å². The molecule has 0 bridgehead atoms. The van der Waals surface area contributed by atoms with Gasteiger partial charge in [0.2, 0.25) is 5.91 Å². The standard InChI is InChI=1S/C20H21Cl2N3O2/c1-13-4-7-17(16(22)10-13)24-19(26)12-23-18-11-14(21)5-6-15(18)20(27)25-8-2-3-9-25/h4-7,10-11,23H,2-3,8-9,12H2,1H3,(H,24,26). The Balaban J connectivity index is 1.68. The van der Waals surface area contributed by atoms with Crippen molar-refractivity contribution in [3.05, 3.63) is 57.6 Å². The molecule has 1 aliphatic heterocycles. The predicted octanol–water partition coefficient (Wildman–Crippen LogP) is 4.59. The lowest BCUT2D eigenvalue weighted by molar-refractivity contribution is -0.114. The van der Waals surface area contributed by atoms with Crippen LogP contribution in [0, 0.1) is 6.92 Å². The second-order valence-corrected chi connectivity index (χ2v) is 7.42. The number of hydrogen-bond donors (Lipinski definition) is 2. The third kappa shape index (κ3) is 4.93. The number of amides is 2. The maximum atomic E-state index is 12.7. The van der Waals surface area contributed by atoms with Crippen LogP contribution in [0.5, 0.6) is 0 Å². The molecule has 1 aliphatic rings. The molecular formula is C20H21Cl2N3O2. The summed E-state index contributed by atoms with van der Waals surface area (Å²) in [6, 6.07) is 10.5. The van der Waals surface area contributed by atoms with E-state index in [0.717, 1.165) is 31.5 Å². The first kappa shape index (κ1) is 19.5. The van der Waals surface area contributed by atoms with Crippen molar-refractivity contribution in [3.8, 4) is 0 Å². The molecule has 2 aromatic rings. The fraction of sp³-hybridized carbons (Fsp3) is 0.300. The average Bonchev–Trinajstić information content (AvgIpc) is 3.16. The van der Waals surface area contributed by atoms with Crippen LogP contribution in [0.15, 0.2) is 36.4 Å². The monoisotopic (exact) mass is 405 g/mol. The molecule has 1 heterocycles. The van der Waals surface area contributed by atoms with Gasteiger partial charge in [-0.25, -0.2) is 0 Å². The third-order valence-electron chi connectivity index (χ3n) is 4.44. The number of aryl methyl sites for hydroxylation is 1. The van der Waals surface area contributed by atoms with E-state index in [-0.39, 0.29) is 18.4 Å². The number of carbonyl (C=O) groups excluding carboxylic acids is 2. The van der Waals surface area contributed by atoms with Gasteiger partial charge in [-0.3, -0.25) is 9.59 Å². The number of halogens is 2. The molecule has 2 aromatic carbocycles. The Morgan fingerprint density at radius 3 is 2.48 bits per heavy atom. The zero-order valence-electron chi connectivity index (χ0n) is 15.0. The van der Waals surface area contributed by atoms with Gasteiger partial charge in [0.25, 0.3) is 5.91 Å². The molecular weight excluding hydrogens is 385 g/mol. The maximum Gasteiger partial charge on any atom is 0.255 e. The van der Waals surface area contributed by atoms with E-state index in [1.807, 2.05) is 17.9 Å². The molecule has 0 unspecified atom stereocenters. The summed E-state index contributed by atoms with van der Waals surface area (Å²) in [6.07, 6.45) is 2.03. The molecule has 27 heavy (non-hydrogen) atoms. The first-order valence-corrected chi connectivity index (χ1v) is 9.58. The van der Waals surface area contributed by atoms with Crippen LogP contribution in [0.2, 0.25) is 10.0 Å². The lowest BCUT2D eigenvalue weighted by Gasteiger charge is -2.18. The smallest absolute Gasteiger partial charge is 0.255 e. The van der Waals surface area contributed by atoms with Gasteiger partial charge in [-0.2, -0.15) is 0 Å². The van der Waals surface area contributed by atoms with Gasteiger partial charge in [0.15, 0.2) is 0 Å². The second kappa shape index (κ2) is 8.63. The van der Waals surface area contributed by atoms with E-state index in [1.165, 1.54) is 0 Å². The van der Waals surface area contributed by atoms with E-state index in [1.54, 1.807) is 30.3 Å². The summed E-state index contributed by atoms with van der Waals surface area (Å²) in [4.78, 5) is 26.8. The molecule has 0 spiro atoms. The topological polar surface area (TPSA) is 61.4 Å². The van der Waals surface area contributed by atoms with Gasteiger partial charge >= 0.3 is 0 Å². The fourth-order valence-corrected chi connectivity index (χ4v) is 3.49. The Labute approximate surface area is 168 Å².